The van der Waals surface area contributed by atoms with E-state index in [-0.39, 0.29) is 0 Å². The van der Waals surface area contributed by atoms with Gasteiger partial charge in [0, 0.05) is 17.6 Å². The maximum atomic E-state index is 5.39. The van der Waals surface area contributed by atoms with Crippen molar-refractivity contribution >= 4 is 45.7 Å². The third-order valence-corrected chi connectivity index (χ3v) is 7.61. The van der Waals surface area contributed by atoms with Crippen molar-refractivity contribution in [3.05, 3.63) is 3.92 Å². The fourth-order valence-corrected chi connectivity index (χ4v) is 5.83. The molecule has 3 nitrogen and oxygen atoms in total. The van der Waals surface area contributed by atoms with E-state index >= 15 is 0 Å². The molecular weight excluding hydrogens is 304 g/mol. The van der Waals surface area contributed by atoms with Crippen molar-refractivity contribution in [1.29, 1.82) is 0 Å². The van der Waals surface area contributed by atoms with Gasteiger partial charge in [0.15, 0.2) is 3.92 Å². The van der Waals surface area contributed by atoms with Crippen LogP contribution in [0.15, 0.2) is 3.92 Å². The topological polar surface area (TPSA) is 25.4 Å². The van der Waals surface area contributed by atoms with E-state index in [1.807, 2.05) is 0 Å². The molecule has 2 rings (SSSR count). The Balaban J connectivity index is 2.31. The number of anilines is 1. The third kappa shape index (κ3) is 2.67. The molecule has 0 aliphatic carbocycles. The summed E-state index contributed by atoms with van der Waals surface area (Å²) in [5.41, 5.74) is 0. The largest absolute Gasteiger partial charge is 0.378 e. The molecule has 0 spiro atoms. The van der Waals surface area contributed by atoms with Crippen molar-refractivity contribution in [3.8, 4) is 0 Å². The highest BCUT2D eigenvalue weighted by atomic mass is 79.9. The molecule has 1 aliphatic rings. The van der Waals surface area contributed by atoms with Crippen LogP contribution in [-0.2, 0) is 4.74 Å². The average molecular weight is 321 g/mol. The normalized spacial score (nSPS) is 17.9. The highest BCUT2D eigenvalue weighted by molar-refractivity contribution is 9.11. The lowest BCUT2D eigenvalue weighted by atomic mass is 10.4. The van der Waals surface area contributed by atoms with E-state index in [0.717, 1.165) is 30.2 Å². The monoisotopic (exact) mass is 320 g/mol. The number of hydrogen-bond acceptors (Lipinski definition) is 4. The second kappa shape index (κ2) is 4.76. The number of ether oxygens (including phenoxy) is 1. The summed E-state index contributed by atoms with van der Waals surface area (Å²) in [7, 11) is -1.30. The van der Waals surface area contributed by atoms with Crippen molar-refractivity contribution in [1.82, 2.24) is 4.98 Å². The van der Waals surface area contributed by atoms with Crippen LogP contribution in [0.2, 0.25) is 19.6 Å². The van der Waals surface area contributed by atoms with Crippen molar-refractivity contribution in [2.24, 2.45) is 0 Å². The molecule has 0 radical (unpaired) electrons. The molecule has 0 atom stereocenters. The van der Waals surface area contributed by atoms with E-state index < -0.39 is 8.07 Å². The van der Waals surface area contributed by atoms with Gasteiger partial charge < -0.3 is 9.64 Å². The molecular formula is C10H17BrN2OSSi. The second-order valence-electron chi connectivity index (χ2n) is 4.97. The SMILES string of the molecule is C[Si](C)(C)c1sc(Br)nc1N1CCOCC1. The molecule has 1 aliphatic heterocycles. The molecule has 0 bridgehead atoms. The highest BCUT2D eigenvalue weighted by Gasteiger charge is 2.28. The number of morpholine rings is 1. The van der Waals surface area contributed by atoms with E-state index in [9.17, 15) is 0 Å². The molecule has 6 heteroatoms. The van der Waals surface area contributed by atoms with Crippen LogP contribution in [0.1, 0.15) is 0 Å². The van der Waals surface area contributed by atoms with Gasteiger partial charge in [-0.1, -0.05) is 19.6 Å². The number of thiazole rings is 1. The number of nitrogens with zero attached hydrogens (tertiary/aromatic N) is 2. The van der Waals surface area contributed by atoms with Gasteiger partial charge in [0.25, 0.3) is 0 Å². The Morgan fingerprint density at radius 2 is 1.94 bits per heavy atom. The molecule has 16 heavy (non-hydrogen) atoms. The van der Waals surface area contributed by atoms with Crippen LogP contribution in [-0.4, -0.2) is 39.4 Å². The third-order valence-electron chi connectivity index (χ3n) is 2.57. The molecule has 1 aromatic rings. The predicted molar refractivity (Wildman–Crippen MR) is 75.8 cm³/mol. The standard InChI is InChI=1S/C10H17BrN2OSSi/c1-16(2,3)9-8(12-10(11)15-9)13-4-6-14-7-5-13/h4-7H2,1-3H3. The zero-order valence-electron chi connectivity index (χ0n) is 9.92. The minimum Gasteiger partial charge on any atom is -0.378 e. The number of rotatable bonds is 2. The van der Waals surface area contributed by atoms with Gasteiger partial charge in [0.05, 0.1) is 21.3 Å². The molecule has 2 heterocycles. The molecule has 0 unspecified atom stereocenters. The Bertz CT molecular complexity index is 371. The first kappa shape index (κ1) is 12.5. The van der Waals surface area contributed by atoms with Crippen LogP contribution in [0.5, 0.6) is 0 Å². The van der Waals surface area contributed by atoms with Gasteiger partial charge in [0.1, 0.15) is 5.82 Å². The summed E-state index contributed by atoms with van der Waals surface area (Å²) in [4.78, 5) is 7.00. The number of hydrogen-bond donors (Lipinski definition) is 0. The van der Waals surface area contributed by atoms with Gasteiger partial charge in [-0.2, -0.15) is 0 Å². The molecule has 0 aromatic carbocycles. The Morgan fingerprint density at radius 3 is 2.50 bits per heavy atom. The summed E-state index contributed by atoms with van der Waals surface area (Å²) in [6, 6.07) is 0. The van der Waals surface area contributed by atoms with Crippen LogP contribution in [0.25, 0.3) is 0 Å². The molecule has 0 amide bonds. The van der Waals surface area contributed by atoms with Crippen molar-refractivity contribution in [3.63, 3.8) is 0 Å². The van der Waals surface area contributed by atoms with Gasteiger partial charge in [-0.3, -0.25) is 0 Å². The molecule has 90 valence electrons. The number of halogens is 1. The van der Waals surface area contributed by atoms with E-state index in [1.165, 1.54) is 10.3 Å². The molecule has 1 fully saturated rings. The van der Waals surface area contributed by atoms with Gasteiger partial charge in [0.2, 0.25) is 0 Å². The van der Waals surface area contributed by atoms with Gasteiger partial charge in [-0.05, 0) is 15.9 Å². The lowest BCUT2D eigenvalue weighted by molar-refractivity contribution is 0.122. The number of aromatic nitrogens is 1. The molecule has 1 aromatic heterocycles. The molecule has 0 N–H and O–H groups in total. The van der Waals surface area contributed by atoms with Crippen molar-refractivity contribution < 1.29 is 4.74 Å². The van der Waals surface area contributed by atoms with E-state index in [4.69, 9.17) is 4.74 Å². The first-order chi connectivity index (χ1) is 7.48. The highest BCUT2D eigenvalue weighted by Crippen LogP contribution is 2.25. The average Bonchev–Trinajstić information content (AvgIpc) is 2.61. The fourth-order valence-electron chi connectivity index (χ4n) is 1.76. The van der Waals surface area contributed by atoms with Crippen LogP contribution in [0, 0.1) is 0 Å². The maximum absolute atomic E-state index is 5.39. The fraction of sp³-hybridized carbons (Fsp3) is 0.700. The van der Waals surface area contributed by atoms with Gasteiger partial charge in [-0.15, -0.1) is 11.3 Å². The van der Waals surface area contributed by atoms with Gasteiger partial charge >= 0.3 is 0 Å². The predicted octanol–water partition coefficient (Wildman–Crippen LogP) is 2.29. The van der Waals surface area contributed by atoms with Crippen LogP contribution >= 0.6 is 27.3 Å². The minimum absolute atomic E-state index is 0.820. The Morgan fingerprint density at radius 1 is 1.31 bits per heavy atom. The summed E-state index contributed by atoms with van der Waals surface area (Å²) in [5, 5.41) is 0. The summed E-state index contributed by atoms with van der Waals surface area (Å²) in [6.07, 6.45) is 0. The zero-order valence-corrected chi connectivity index (χ0v) is 13.3. The maximum Gasteiger partial charge on any atom is 0.161 e. The lowest BCUT2D eigenvalue weighted by Gasteiger charge is -2.29. The minimum atomic E-state index is -1.30. The summed E-state index contributed by atoms with van der Waals surface area (Å²) >= 11 is 5.31. The Hall–Kier alpha value is 0.0869. The smallest absolute Gasteiger partial charge is 0.161 e. The zero-order chi connectivity index (χ0) is 11.8. The van der Waals surface area contributed by atoms with E-state index in [2.05, 4.69) is 45.5 Å². The first-order valence-electron chi connectivity index (χ1n) is 5.48. The lowest BCUT2D eigenvalue weighted by Crippen LogP contribution is -2.44. The summed E-state index contributed by atoms with van der Waals surface area (Å²) in [6.45, 7) is 10.7. The van der Waals surface area contributed by atoms with Gasteiger partial charge in [-0.25, -0.2) is 4.98 Å². The quantitative estimate of drug-likeness (QED) is 0.782. The summed E-state index contributed by atoms with van der Waals surface area (Å²) in [5.74, 6) is 1.19. The van der Waals surface area contributed by atoms with E-state index in [0.29, 0.717) is 0 Å². The van der Waals surface area contributed by atoms with E-state index in [1.54, 1.807) is 11.3 Å². The van der Waals surface area contributed by atoms with Crippen molar-refractivity contribution in [2.75, 3.05) is 31.2 Å². The summed E-state index contributed by atoms with van der Waals surface area (Å²) < 4.78 is 7.88. The van der Waals surface area contributed by atoms with Crippen LogP contribution in [0.4, 0.5) is 5.82 Å². The Kier molecular flexibility index (Phi) is 3.73. The Labute approximate surface area is 110 Å². The van der Waals surface area contributed by atoms with Crippen molar-refractivity contribution in [2.45, 2.75) is 19.6 Å². The second-order valence-corrected chi connectivity index (χ2v) is 12.6. The first-order valence-corrected chi connectivity index (χ1v) is 10.6. The molecule has 0 saturated carbocycles. The molecule has 1 saturated heterocycles. The van der Waals surface area contributed by atoms with Crippen LogP contribution < -0.4 is 9.40 Å². The van der Waals surface area contributed by atoms with Crippen LogP contribution in [0.3, 0.4) is 0 Å².